The Kier molecular flexibility index (Phi) is 6.63. The molecule has 0 unspecified atom stereocenters. The van der Waals surface area contributed by atoms with Gasteiger partial charge in [0.1, 0.15) is 11.9 Å². The van der Waals surface area contributed by atoms with Crippen LogP contribution in [-0.2, 0) is 4.79 Å². The van der Waals surface area contributed by atoms with Crippen LogP contribution in [0.15, 0.2) is 42.7 Å². The second-order valence-corrected chi connectivity index (χ2v) is 7.33. The van der Waals surface area contributed by atoms with Gasteiger partial charge in [-0.15, -0.1) is 0 Å². The van der Waals surface area contributed by atoms with Gasteiger partial charge < -0.3 is 15.4 Å². The molecule has 3 rings (SSSR count). The Labute approximate surface area is 165 Å². The monoisotopic (exact) mass is 381 g/mol. The number of rotatable bonds is 7. The highest BCUT2D eigenvalue weighted by molar-refractivity contribution is 5.98. The van der Waals surface area contributed by atoms with Crippen molar-refractivity contribution in [2.24, 2.45) is 5.92 Å². The van der Waals surface area contributed by atoms with Crippen LogP contribution in [0.5, 0.6) is 5.75 Å². The normalized spacial score (nSPS) is 15.1. The number of carbonyl (C=O) groups is 2. The number of nitrogens with zero attached hydrogens (tertiary/aromatic N) is 1. The fourth-order valence-corrected chi connectivity index (χ4v) is 3.35. The van der Waals surface area contributed by atoms with Gasteiger partial charge in [-0.05, 0) is 56.5 Å². The lowest BCUT2D eigenvalue weighted by Gasteiger charge is -2.16. The lowest BCUT2D eigenvalue weighted by atomic mass is 10.1. The summed E-state index contributed by atoms with van der Waals surface area (Å²) in [6.07, 6.45) is 7.23. The van der Waals surface area contributed by atoms with Gasteiger partial charge in [0.25, 0.3) is 5.91 Å². The molecule has 1 heterocycles. The first-order chi connectivity index (χ1) is 13.5. The van der Waals surface area contributed by atoms with Gasteiger partial charge in [-0.1, -0.05) is 18.9 Å². The van der Waals surface area contributed by atoms with Crippen molar-refractivity contribution in [3.8, 4) is 5.75 Å². The largest absolute Gasteiger partial charge is 0.487 e. The van der Waals surface area contributed by atoms with E-state index in [4.69, 9.17) is 4.74 Å². The Morgan fingerprint density at radius 1 is 1.25 bits per heavy atom. The van der Waals surface area contributed by atoms with Crippen molar-refractivity contribution in [2.75, 3.05) is 11.9 Å². The minimum atomic E-state index is -0.196. The van der Waals surface area contributed by atoms with Crippen LogP contribution < -0.4 is 15.4 Å². The lowest BCUT2D eigenvalue weighted by Crippen LogP contribution is -2.33. The molecule has 1 aromatic carbocycles. The Morgan fingerprint density at radius 2 is 2.04 bits per heavy atom. The van der Waals surface area contributed by atoms with Gasteiger partial charge in [-0.2, -0.15) is 0 Å². The molecular formula is C22H27N3O3. The average Bonchev–Trinajstić information content (AvgIpc) is 3.23. The summed E-state index contributed by atoms with van der Waals surface area (Å²) >= 11 is 0. The molecule has 0 spiro atoms. The first-order valence-electron chi connectivity index (χ1n) is 9.79. The molecule has 1 saturated carbocycles. The molecule has 2 amide bonds. The smallest absolute Gasteiger partial charge is 0.251 e. The van der Waals surface area contributed by atoms with Crippen LogP contribution in [0.2, 0.25) is 0 Å². The highest BCUT2D eigenvalue weighted by atomic mass is 16.5. The van der Waals surface area contributed by atoms with Crippen molar-refractivity contribution < 1.29 is 14.3 Å². The van der Waals surface area contributed by atoms with Gasteiger partial charge in [-0.25, -0.2) is 0 Å². The maximum absolute atomic E-state index is 12.5. The number of aryl methyl sites for hydroxylation is 1. The maximum Gasteiger partial charge on any atom is 0.251 e. The van der Waals surface area contributed by atoms with E-state index in [0.717, 1.165) is 31.2 Å². The first kappa shape index (κ1) is 19.9. The molecule has 2 N–H and O–H groups in total. The van der Waals surface area contributed by atoms with Crippen LogP contribution in [0.3, 0.4) is 0 Å². The molecule has 0 radical (unpaired) electrons. The zero-order valence-electron chi connectivity index (χ0n) is 16.4. The summed E-state index contributed by atoms with van der Waals surface area (Å²) in [6.45, 7) is 4.18. The molecule has 0 aliphatic heterocycles. The van der Waals surface area contributed by atoms with E-state index in [1.165, 1.54) is 0 Å². The molecule has 148 valence electrons. The third kappa shape index (κ3) is 5.31. The summed E-state index contributed by atoms with van der Waals surface area (Å²) in [5, 5.41) is 5.87. The molecule has 28 heavy (non-hydrogen) atoms. The summed E-state index contributed by atoms with van der Waals surface area (Å²) in [7, 11) is 0. The number of nitrogens with one attached hydrogen (secondary N) is 2. The Bertz CT molecular complexity index is 817. The van der Waals surface area contributed by atoms with E-state index in [9.17, 15) is 9.59 Å². The summed E-state index contributed by atoms with van der Waals surface area (Å²) in [6, 6.07) is 8.99. The molecule has 1 aliphatic carbocycles. The van der Waals surface area contributed by atoms with Crippen LogP contribution in [0.1, 0.15) is 48.5 Å². The van der Waals surface area contributed by atoms with E-state index >= 15 is 0 Å². The minimum Gasteiger partial charge on any atom is -0.487 e. The highest BCUT2D eigenvalue weighted by Gasteiger charge is 2.23. The molecular weight excluding hydrogens is 354 g/mol. The molecule has 1 atom stereocenters. The number of anilines is 1. The molecule has 6 heteroatoms. The van der Waals surface area contributed by atoms with Gasteiger partial charge in [-0.3, -0.25) is 14.6 Å². The summed E-state index contributed by atoms with van der Waals surface area (Å²) in [4.78, 5) is 28.9. The van der Waals surface area contributed by atoms with E-state index in [-0.39, 0.29) is 23.8 Å². The maximum atomic E-state index is 12.5. The van der Waals surface area contributed by atoms with E-state index in [1.807, 2.05) is 26.0 Å². The van der Waals surface area contributed by atoms with Crippen LogP contribution in [0, 0.1) is 12.8 Å². The zero-order chi connectivity index (χ0) is 19.9. The second-order valence-electron chi connectivity index (χ2n) is 7.33. The van der Waals surface area contributed by atoms with Crippen LogP contribution in [0.4, 0.5) is 5.69 Å². The van der Waals surface area contributed by atoms with Gasteiger partial charge in [0.05, 0.1) is 12.7 Å². The summed E-state index contributed by atoms with van der Waals surface area (Å²) < 4.78 is 5.72. The van der Waals surface area contributed by atoms with E-state index in [1.54, 1.807) is 30.6 Å². The minimum absolute atomic E-state index is 0.0525. The van der Waals surface area contributed by atoms with Gasteiger partial charge >= 0.3 is 0 Å². The fourth-order valence-electron chi connectivity index (χ4n) is 3.35. The van der Waals surface area contributed by atoms with Crippen LogP contribution in [0.25, 0.3) is 0 Å². The third-order valence-electron chi connectivity index (χ3n) is 5.01. The van der Waals surface area contributed by atoms with E-state index in [0.29, 0.717) is 23.5 Å². The summed E-state index contributed by atoms with van der Waals surface area (Å²) in [5.74, 6) is 0.605. The molecule has 0 bridgehead atoms. The standard InChI is InChI=1S/C22H27N3O3/c1-15-9-10-18(12-20(15)25-22(27)17-6-3-4-7-17)21(26)24-13-16(2)28-19-8-5-11-23-14-19/h5,8-12,14,16-17H,3-4,6-7,13H2,1-2H3,(H,24,26)(H,25,27)/t16-/m0/s1. The van der Waals surface area contributed by atoms with Crippen molar-refractivity contribution in [1.29, 1.82) is 0 Å². The predicted molar refractivity (Wildman–Crippen MR) is 108 cm³/mol. The molecule has 1 aromatic heterocycles. The fraction of sp³-hybridized carbons (Fsp3) is 0.409. The Balaban J connectivity index is 1.56. The van der Waals surface area contributed by atoms with Gasteiger partial charge in [0.15, 0.2) is 0 Å². The van der Waals surface area contributed by atoms with E-state index < -0.39 is 0 Å². The first-order valence-corrected chi connectivity index (χ1v) is 9.79. The number of carbonyl (C=O) groups excluding carboxylic acids is 2. The third-order valence-corrected chi connectivity index (χ3v) is 5.01. The van der Waals surface area contributed by atoms with Gasteiger partial charge in [0, 0.05) is 23.4 Å². The molecule has 1 aliphatic rings. The topological polar surface area (TPSA) is 80.3 Å². The number of pyridine rings is 1. The SMILES string of the molecule is Cc1ccc(C(=O)NC[C@H](C)Oc2cccnc2)cc1NC(=O)C1CCCC1. The van der Waals surface area contributed by atoms with Gasteiger partial charge in [0.2, 0.25) is 5.91 Å². The van der Waals surface area contributed by atoms with Crippen molar-refractivity contribution in [3.63, 3.8) is 0 Å². The zero-order valence-corrected chi connectivity index (χ0v) is 16.4. The average molecular weight is 381 g/mol. The Hall–Kier alpha value is -2.89. The second kappa shape index (κ2) is 9.35. The predicted octanol–water partition coefficient (Wildman–Crippen LogP) is 3.72. The Morgan fingerprint density at radius 3 is 2.75 bits per heavy atom. The number of aromatic nitrogens is 1. The van der Waals surface area contributed by atoms with Crippen LogP contribution in [-0.4, -0.2) is 29.4 Å². The summed E-state index contributed by atoms with van der Waals surface area (Å²) in [5.41, 5.74) is 2.15. The van der Waals surface area contributed by atoms with Crippen LogP contribution >= 0.6 is 0 Å². The highest BCUT2D eigenvalue weighted by Crippen LogP contribution is 2.27. The molecule has 6 nitrogen and oxygen atoms in total. The number of amides is 2. The quantitative estimate of drug-likeness (QED) is 0.766. The van der Waals surface area contributed by atoms with Crippen molar-refractivity contribution in [2.45, 2.75) is 45.6 Å². The lowest BCUT2D eigenvalue weighted by molar-refractivity contribution is -0.119. The number of ether oxygens (including phenoxy) is 1. The number of benzene rings is 1. The number of hydrogen-bond donors (Lipinski definition) is 2. The molecule has 2 aromatic rings. The van der Waals surface area contributed by atoms with E-state index in [2.05, 4.69) is 15.6 Å². The van der Waals surface area contributed by atoms with Crippen molar-refractivity contribution in [1.82, 2.24) is 10.3 Å². The number of hydrogen-bond acceptors (Lipinski definition) is 4. The molecule has 1 fully saturated rings. The van der Waals surface area contributed by atoms with Crippen molar-refractivity contribution >= 4 is 17.5 Å². The van der Waals surface area contributed by atoms with Crippen molar-refractivity contribution in [3.05, 3.63) is 53.9 Å². The molecule has 0 saturated heterocycles.